The first-order chi connectivity index (χ1) is 6.97. The highest BCUT2D eigenvalue weighted by Crippen LogP contribution is 2.19. The smallest absolute Gasteiger partial charge is 0.320 e. The van der Waals surface area contributed by atoms with E-state index in [0.29, 0.717) is 6.54 Å². The third-order valence-corrected chi connectivity index (χ3v) is 2.88. The molecule has 15 heavy (non-hydrogen) atoms. The molecule has 5 heteroatoms. The highest BCUT2D eigenvalue weighted by Gasteiger charge is 2.39. The lowest BCUT2D eigenvalue weighted by Gasteiger charge is -2.28. The Hall–Kier alpha value is -0.810. The summed E-state index contributed by atoms with van der Waals surface area (Å²) in [5.41, 5.74) is -0.808. The average molecular weight is 213 g/mol. The van der Waals surface area contributed by atoms with Gasteiger partial charge in [-0.25, -0.2) is 4.79 Å². The Kier molecular flexibility index (Phi) is 2.60. The van der Waals surface area contributed by atoms with Crippen LogP contribution in [0.25, 0.3) is 0 Å². The van der Waals surface area contributed by atoms with Gasteiger partial charge in [0.25, 0.3) is 0 Å². The molecule has 0 saturated carbocycles. The van der Waals surface area contributed by atoms with Crippen molar-refractivity contribution in [3.8, 4) is 0 Å². The summed E-state index contributed by atoms with van der Waals surface area (Å²) in [5, 5.41) is 13.0. The summed E-state index contributed by atoms with van der Waals surface area (Å²) in [6.07, 6.45) is 0. The first kappa shape index (κ1) is 10.7. The number of nitrogens with zero attached hydrogens (tertiary/aromatic N) is 2. The minimum Gasteiger partial charge on any atom is -0.389 e. The molecule has 0 aliphatic carbocycles. The maximum Gasteiger partial charge on any atom is 0.320 e. The monoisotopic (exact) mass is 213 g/mol. The predicted molar refractivity (Wildman–Crippen MR) is 56.6 cm³/mol. The topological polar surface area (TPSA) is 55.8 Å². The van der Waals surface area contributed by atoms with Crippen molar-refractivity contribution in [2.45, 2.75) is 25.5 Å². The van der Waals surface area contributed by atoms with Crippen molar-refractivity contribution in [3.63, 3.8) is 0 Å². The number of aliphatic hydroxyl groups is 1. The molecule has 0 aromatic heterocycles. The average Bonchev–Trinajstić information content (AvgIpc) is 2.42. The molecule has 2 aliphatic heterocycles. The molecule has 0 radical (unpaired) electrons. The number of β-amino-alcohol motifs (C(OH)–C–C–N with tert-alkyl or cyclic N) is 1. The summed E-state index contributed by atoms with van der Waals surface area (Å²) in [4.78, 5) is 15.6. The van der Waals surface area contributed by atoms with Crippen LogP contribution in [0.4, 0.5) is 4.79 Å². The van der Waals surface area contributed by atoms with Crippen LogP contribution in [0.5, 0.6) is 0 Å². The Morgan fingerprint density at radius 2 is 2.33 bits per heavy atom. The molecule has 1 unspecified atom stereocenters. The summed E-state index contributed by atoms with van der Waals surface area (Å²) in [6, 6.07) is 0.359. The van der Waals surface area contributed by atoms with Crippen molar-refractivity contribution in [2.24, 2.45) is 0 Å². The van der Waals surface area contributed by atoms with Crippen LogP contribution in [0, 0.1) is 0 Å². The molecule has 0 aromatic carbocycles. The van der Waals surface area contributed by atoms with Crippen LogP contribution in [0.2, 0.25) is 0 Å². The van der Waals surface area contributed by atoms with Crippen LogP contribution in [0.3, 0.4) is 0 Å². The van der Waals surface area contributed by atoms with Crippen LogP contribution in [0.1, 0.15) is 13.8 Å². The van der Waals surface area contributed by atoms with Gasteiger partial charge >= 0.3 is 6.03 Å². The van der Waals surface area contributed by atoms with Crippen LogP contribution in [-0.4, -0.2) is 65.3 Å². The molecule has 2 amide bonds. The highest BCUT2D eigenvalue weighted by molar-refractivity contribution is 5.77. The van der Waals surface area contributed by atoms with Gasteiger partial charge in [-0.05, 0) is 13.8 Å². The summed E-state index contributed by atoms with van der Waals surface area (Å²) >= 11 is 0. The largest absolute Gasteiger partial charge is 0.389 e. The summed E-state index contributed by atoms with van der Waals surface area (Å²) in [7, 11) is 0. The van der Waals surface area contributed by atoms with Crippen molar-refractivity contribution in [2.75, 3.05) is 32.7 Å². The zero-order chi connectivity index (χ0) is 11.1. The number of amides is 2. The predicted octanol–water partition coefficient (Wildman–Crippen LogP) is -0.533. The van der Waals surface area contributed by atoms with Crippen LogP contribution in [0.15, 0.2) is 0 Å². The van der Waals surface area contributed by atoms with Gasteiger partial charge in [0.1, 0.15) is 0 Å². The number of hydrogen-bond donors (Lipinski definition) is 2. The quantitative estimate of drug-likeness (QED) is 0.648. The van der Waals surface area contributed by atoms with E-state index in [2.05, 4.69) is 5.32 Å². The Morgan fingerprint density at radius 1 is 1.60 bits per heavy atom. The van der Waals surface area contributed by atoms with E-state index >= 15 is 0 Å². The molecule has 5 nitrogen and oxygen atoms in total. The van der Waals surface area contributed by atoms with Gasteiger partial charge in [-0.3, -0.25) is 0 Å². The number of fused-ring (bicyclic) bond motifs is 1. The van der Waals surface area contributed by atoms with Gasteiger partial charge in [-0.15, -0.1) is 0 Å². The van der Waals surface area contributed by atoms with Crippen LogP contribution >= 0.6 is 0 Å². The Morgan fingerprint density at radius 3 is 2.93 bits per heavy atom. The number of piperazine rings is 1. The Balaban J connectivity index is 2.01. The van der Waals surface area contributed by atoms with E-state index in [1.165, 1.54) is 0 Å². The second kappa shape index (κ2) is 3.64. The maximum absolute atomic E-state index is 11.9. The molecule has 2 rings (SSSR count). The first-order valence-corrected chi connectivity index (χ1v) is 5.46. The van der Waals surface area contributed by atoms with Crippen molar-refractivity contribution in [1.82, 2.24) is 15.1 Å². The zero-order valence-electron chi connectivity index (χ0n) is 9.36. The standard InChI is InChI=1S/C10H19N3O2/c1-10(2,15)7-12-6-8-5-11-3-4-13(8)9(12)14/h8,11,15H,3-7H2,1-2H3. The molecule has 0 bridgehead atoms. The molecular weight excluding hydrogens is 194 g/mol. The SMILES string of the molecule is CC(C)(O)CN1CC2CNCCN2C1=O. The maximum atomic E-state index is 11.9. The minimum atomic E-state index is -0.808. The molecule has 2 N–H and O–H groups in total. The zero-order valence-corrected chi connectivity index (χ0v) is 9.36. The molecule has 86 valence electrons. The first-order valence-electron chi connectivity index (χ1n) is 5.46. The minimum absolute atomic E-state index is 0.0728. The van der Waals surface area contributed by atoms with E-state index in [9.17, 15) is 9.90 Å². The fourth-order valence-electron chi connectivity index (χ4n) is 2.29. The van der Waals surface area contributed by atoms with E-state index < -0.39 is 5.60 Å². The molecule has 2 saturated heterocycles. The molecule has 2 aliphatic rings. The van der Waals surface area contributed by atoms with Crippen molar-refractivity contribution in [3.05, 3.63) is 0 Å². The number of carbonyl (C=O) groups is 1. The summed E-state index contributed by atoms with van der Waals surface area (Å²) in [5.74, 6) is 0. The fraction of sp³-hybridized carbons (Fsp3) is 0.900. The fourth-order valence-corrected chi connectivity index (χ4v) is 2.29. The van der Waals surface area contributed by atoms with Gasteiger partial charge in [-0.2, -0.15) is 0 Å². The normalized spacial score (nSPS) is 27.1. The molecule has 0 spiro atoms. The number of rotatable bonds is 2. The third-order valence-electron chi connectivity index (χ3n) is 2.88. The van der Waals surface area contributed by atoms with Gasteiger partial charge in [0.2, 0.25) is 0 Å². The van der Waals surface area contributed by atoms with Gasteiger partial charge in [0, 0.05) is 26.2 Å². The second-order valence-corrected chi connectivity index (χ2v) is 5.03. The van der Waals surface area contributed by atoms with Gasteiger partial charge in [-0.1, -0.05) is 0 Å². The molecular formula is C10H19N3O2. The van der Waals surface area contributed by atoms with Crippen LogP contribution < -0.4 is 5.32 Å². The Labute approximate surface area is 90.0 Å². The number of urea groups is 1. The van der Waals surface area contributed by atoms with Crippen molar-refractivity contribution < 1.29 is 9.90 Å². The van der Waals surface area contributed by atoms with E-state index in [1.54, 1.807) is 18.7 Å². The van der Waals surface area contributed by atoms with E-state index in [4.69, 9.17) is 0 Å². The molecule has 1 atom stereocenters. The van der Waals surface area contributed by atoms with E-state index in [0.717, 1.165) is 26.2 Å². The molecule has 2 heterocycles. The van der Waals surface area contributed by atoms with Crippen molar-refractivity contribution >= 4 is 6.03 Å². The van der Waals surface area contributed by atoms with Gasteiger partial charge < -0.3 is 20.2 Å². The second-order valence-electron chi connectivity index (χ2n) is 5.03. The van der Waals surface area contributed by atoms with Gasteiger partial charge in [0.15, 0.2) is 0 Å². The van der Waals surface area contributed by atoms with Gasteiger partial charge in [0.05, 0.1) is 18.2 Å². The Bertz CT molecular complexity index is 262. The van der Waals surface area contributed by atoms with E-state index in [-0.39, 0.29) is 12.1 Å². The molecule has 0 aromatic rings. The lowest BCUT2D eigenvalue weighted by atomic mass is 10.1. The lowest BCUT2D eigenvalue weighted by molar-refractivity contribution is 0.0511. The van der Waals surface area contributed by atoms with E-state index in [1.807, 2.05) is 4.90 Å². The number of carbonyl (C=O) groups excluding carboxylic acids is 1. The summed E-state index contributed by atoms with van der Waals surface area (Å²) < 4.78 is 0. The lowest BCUT2D eigenvalue weighted by Crippen LogP contribution is -2.50. The summed E-state index contributed by atoms with van der Waals surface area (Å²) in [6.45, 7) is 7.14. The molecule has 2 fully saturated rings. The third kappa shape index (κ3) is 2.23. The van der Waals surface area contributed by atoms with Crippen LogP contribution in [-0.2, 0) is 0 Å². The van der Waals surface area contributed by atoms with Crippen molar-refractivity contribution in [1.29, 1.82) is 0 Å². The number of nitrogens with one attached hydrogen (secondary N) is 1. The highest BCUT2D eigenvalue weighted by atomic mass is 16.3. The number of hydrogen-bond acceptors (Lipinski definition) is 3.